The van der Waals surface area contributed by atoms with Crippen molar-refractivity contribution in [1.29, 1.82) is 0 Å². The van der Waals surface area contributed by atoms with E-state index in [1.165, 1.54) is 5.56 Å². The van der Waals surface area contributed by atoms with Crippen molar-refractivity contribution in [2.24, 2.45) is 0 Å². The summed E-state index contributed by atoms with van der Waals surface area (Å²) in [6, 6.07) is 14.5. The van der Waals surface area contributed by atoms with Crippen LogP contribution in [0.25, 0.3) is 0 Å². The number of benzene rings is 1. The van der Waals surface area contributed by atoms with Gasteiger partial charge in [-0.05, 0) is 38.0 Å². The molecule has 20 heavy (non-hydrogen) atoms. The predicted octanol–water partition coefficient (Wildman–Crippen LogP) is 4.43. The molecule has 0 aliphatic rings. The number of nitrogens with zero attached hydrogens (tertiary/aromatic N) is 1. The third-order valence-corrected chi connectivity index (χ3v) is 3.05. The summed E-state index contributed by atoms with van der Waals surface area (Å²) in [6.07, 6.45) is 2.91. The van der Waals surface area contributed by atoms with Crippen LogP contribution in [0.15, 0.2) is 48.7 Å². The van der Waals surface area contributed by atoms with Crippen molar-refractivity contribution in [3.05, 3.63) is 54.2 Å². The van der Waals surface area contributed by atoms with E-state index in [9.17, 15) is 0 Å². The number of hydrogen-bond donors (Lipinski definition) is 1. The Balaban J connectivity index is 2.20. The van der Waals surface area contributed by atoms with Gasteiger partial charge >= 0.3 is 0 Å². The second-order valence-electron chi connectivity index (χ2n) is 5.03. The molecule has 0 aliphatic carbocycles. The summed E-state index contributed by atoms with van der Waals surface area (Å²) in [4.78, 5) is 4.41. The van der Waals surface area contributed by atoms with E-state index in [1.807, 2.05) is 32.0 Å². The number of hydrogen-bond acceptors (Lipinski definition) is 3. The first-order valence-electron chi connectivity index (χ1n) is 7.14. The molecule has 3 heteroatoms. The van der Waals surface area contributed by atoms with E-state index in [-0.39, 0.29) is 12.1 Å². The van der Waals surface area contributed by atoms with Gasteiger partial charge in [0.1, 0.15) is 0 Å². The smallest absolute Gasteiger partial charge is 0.169 e. The van der Waals surface area contributed by atoms with Crippen LogP contribution in [0.4, 0.5) is 5.82 Å². The average molecular weight is 270 g/mol. The van der Waals surface area contributed by atoms with Crippen LogP contribution in [-0.2, 0) is 0 Å². The van der Waals surface area contributed by atoms with E-state index in [2.05, 4.69) is 41.5 Å². The Kier molecular flexibility index (Phi) is 4.99. The lowest BCUT2D eigenvalue weighted by Gasteiger charge is -2.20. The average Bonchev–Trinajstić information content (AvgIpc) is 2.46. The van der Waals surface area contributed by atoms with Gasteiger partial charge in [-0.1, -0.05) is 37.3 Å². The van der Waals surface area contributed by atoms with Gasteiger partial charge in [0.2, 0.25) is 0 Å². The van der Waals surface area contributed by atoms with Crippen molar-refractivity contribution >= 4 is 5.82 Å². The molecule has 0 aliphatic heterocycles. The molecule has 0 spiro atoms. The third-order valence-electron chi connectivity index (χ3n) is 3.05. The second-order valence-corrected chi connectivity index (χ2v) is 5.03. The first kappa shape index (κ1) is 14.4. The summed E-state index contributed by atoms with van der Waals surface area (Å²) in [5.74, 6) is 1.61. The zero-order chi connectivity index (χ0) is 14.4. The van der Waals surface area contributed by atoms with E-state index in [0.29, 0.717) is 0 Å². The third kappa shape index (κ3) is 3.73. The minimum Gasteiger partial charge on any atom is -0.487 e. The Morgan fingerprint density at radius 2 is 1.85 bits per heavy atom. The predicted molar refractivity (Wildman–Crippen MR) is 83.1 cm³/mol. The van der Waals surface area contributed by atoms with Gasteiger partial charge in [0.15, 0.2) is 11.6 Å². The fourth-order valence-corrected chi connectivity index (χ4v) is 2.12. The Bertz CT molecular complexity index is 526. The lowest BCUT2D eigenvalue weighted by atomic mass is 10.0. The quantitative estimate of drug-likeness (QED) is 0.843. The highest BCUT2D eigenvalue weighted by atomic mass is 16.5. The van der Waals surface area contributed by atoms with Gasteiger partial charge in [0.05, 0.1) is 12.1 Å². The summed E-state index contributed by atoms with van der Waals surface area (Å²) in [6.45, 7) is 6.20. The maximum atomic E-state index is 5.80. The van der Waals surface area contributed by atoms with Crippen molar-refractivity contribution in [3.8, 4) is 5.75 Å². The molecule has 0 saturated heterocycles. The molecule has 0 bridgehead atoms. The highest BCUT2D eigenvalue weighted by molar-refractivity contribution is 5.51. The van der Waals surface area contributed by atoms with Gasteiger partial charge < -0.3 is 10.1 Å². The van der Waals surface area contributed by atoms with Crippen molar-refractivity contribution < 1.29 is 4.74 Å². The van der Waals surface area contributed by atoms with Crippen LogP contribution >= 0.6 is 0 Å². The molecule has 0 radical (unpaired) electrons. The number of rotatable bonds is 6. The second kappa shape index (κ2) is 6.94. The van der Waals surface area contributed by atoms with Crippen LogP contribution in [0.3, 0.4) is 0 Å². The highest BCUT2D eigenvalue weighted by Crippen LogP contribution is 2.28. The minimum absolute atomic E-state index is 0.136. The molecular formula is C17H22N2O. The molecule has 0 amide bonds. The highest BCUT2D eigenvalue weighted by Gasteiger charge is 2.13. The summed E-state index contributed by atoms with van der Waals surface area (Å²) in [5.41, 5.74) is 1.26. The summed E-state index contributed by atoms with van der Waals surface area (Å²) in [7, 11) is 0. The van der Waals surface area contributed by atoms with Gasteiger partial charge in [-0.15, -0.1) is 0 Å². The van der Waals surface area contributed by atoms with Crippen molar-refractivity contribution in [1.82, 2.24) is 4.98 Å². The molecule has 1 aromatic carbocycles. The largest absolute Gasteiger partial charge is 0.487 e. The van der Waals surface area contributed by atoms with Gasteiger partial charge in [0, 0.05) is 6.20 Å². The minimum atomic E-state index is 0.136. The van der Waals surface area contributed by atoms with Crippen molar-refractivity contribution in [3.63, 3.8) is 0 Å². The molecule has 2 aromatic rings. The van der Waals surface area contributed by atoms with Crippen LogP contribution in [0.1, 0.15) is 38.8 Å². The Morgan fingerprint density at radius 1 is 1.10 bits per heavy atom. The topological polar surface area (TPSA) is 34.2 Å². The maximum absolute atomic E-state index is 5.80. The van der Waals surface area contributed by atoms with E-state index in [0.717, 1.165) is 18.0 Å². The van der Waals surface area contributed by atoms with Gasteiger partial charge in [-0.25, -0.2) is 4.98 Å². The summed E-state index contributed by atoms with van der Waals surface area (Å²) >= 11 is 0. The zero-order valence-corrected chi connectivity index (χ0v) is 12.3. The molecule has 1 unspecified atom stereocenters. The van der Waals surface area contributed by atoms with E-state index in [1.54, 1.807) is 6.20 Å². The Hall–Kier alpha value is -2.03. The molecular weight excluding hydrogens is 248 g/mol. The number of ether oxygens (including phenoxy) is 1. The molecule has 1 heterocycles. The SMILES string of the molecule is CCC(Nc1ncccc1OC(C)C)c1ccccc1. The van der Waals surface area contributed by atoms with Crippen molar-refractivity contribution in [2.75, 3.05) is 5.32 Å². The maximum Gasteiger partial charge on any atom is 0.169 e. The Morgan fingerprint density at radius 3 is 2.50 bits per heavy atom. The van der Waals surface area contributed by atoms with Crippen LogP contribution in [-0.4, -0.2) is 11.1 Å². The standard InChI is InChI=1S/C17H22N2O/c1-4-15(14-9-6-5-7-10-14)19-17-16(20-13(2)3)11-8-12-18-17/h5-13,15H,4H2,1-3H3,(H,18,19). The summed E-state index contributed by atoms with van der Waals surface area (Å²) in [5, 5.41) is 3.48. The monoisotopic (exact) mass is 270 g/mol. The van der Waals surface area contributed by atoms with E-state index in [4.69, 9.17) is 4.74 Å². The lowest BCUT2D eigenvalue weighted by Crippen LogP contribution is -2.13. The Labute approximate surface area is 121 Å². The van der Waals surface area contributed by atoms with E-state index >= 15 is 0 Å². The van der Waals surface area contributed by atoms with E-state index < -0.39 is 0 Å². The first-order valence-corrected chi connectivity index (χ1v) is 7.14. The zero-order valence-electron chi connectivity index (χ0n) is 12.3. The van der Waals surface area contributed by atoms with Crippen molar-refractivity contribution in [2.45, 2.75) is 39.3 Å². The fraction of sp³-hybridized carbons (Fsp3) is 0.353. The normalized spacial score (nSPS) is 12.2. The number of pyridine rings is 1. The number of anilines is 1. The number of nitrogens with one attached hydrogen (secondary N) is 1. The molecule has 3 nitrogen and oxygen atoms in total. The van der Waals surface area contributed by atoms with Gasteiger partial charge in [-0.2, -0.15) is 0 Å². The molecule has 0 saturated carbocycles. The lowest BCUT2D eigenvalue weighted by molar-refractivity contribution is 0.242. The van der Waals surface area contributed by atoms with Crippen LogP contribution in [0, 0.1) is 0 Å². The van der Waals surface area contributed by atoms with Crippen LogP contribution in [0.5, 0.6) is 5.75 Å². The summed E-state index contributed by atoms with van der Waals surface area (Å²) < 4.78 is 5.80. The molecule has 1 N–H and O–H groups in total. The molecule has 0 fully saturated rings. The van der Waals surface area contributed by atoms with Crippen LogP contribution in [0.2, 0.25) is 0 Å². The molecule has 106 valence electrons. The van der Waals surface area contributed by atoms with Crippen LogP contribution < -0.4 is 10.1 Å². The fourth-order valence-electron chi connectivity index (χ4n) is 2.12. The van der Waals surface area contributed by atoms with Gasteiger partial charge in [-0.3, -0.25) is 0 Å². The molecule has 2 rings (SSSR count). The van der Waals surface area contributed by atoms with Gasteiger partial charge in [0.25, 0.3) is 0 Å². The molecule has 1 atom stereocenters. The first-order chi connectivity index (χ1) is 9.70. The molecule has 1 aromatic heterocycles. The number of aromatic nitrogens is 1.